The Morgan fingerprint density at radius 3 is 2.57 bits per heavy atom. The number of rotatable bonds is 9. The van der Waals surface area contributed by atoms with E-state index in [9.17, 15) is 9.32 Å². The molecular formula is C28H26N5O3S-. The summed E-state index contributed by atoms with van der Waals surface area (Å²) in [6.45, 7) is 2.22. The average Bonchev–Trinajstić information content (AvgIpc) is 2.92. The van der Waals surface area contributed by atoms with E-state index in [0.717, 1.165) is 16.9 Å². The summed E-state index contributed by atoms with van der Waals surface area (Å²) in [4.78, 5) is 9.31. The number of ether oxygens (including phenoxy) is 1. The van der Waals surface area contributed by atoms with Crippen LogP contribution in [0.4, 0.5) is 17.5 Å². The van der Waals surface area contributed by atoms with Gasteiger partial charge in [0, 0.05) is 17.3 Å². The van der Waals surface area contributed by atoms with Gasteiger partial charge in [-0.15, -0.1) is 0 Å². The van der Waals surface area contributed by atoms with Crippen LogP contribution in [-0.2, 0) is 21.4 Å². The molecule has 0 aliphatic carbocycles. The second-order valence-electron chi connectivity index (χ2n) is 8.15. The topological polar surface area (TPSA) is 120 Å². The molecule has 0 bridgehead atoms. The highest BCUT2D eigenvalue weighted by molar-refractivity contribution is 7.73. The van der Waals surface area contributed by atoms with Crippen molar-refractivity contribution >= 4 is 28.0 Å². The summed E-state index contributed by atoms with van der Waals surface area (Å²) in [7, 11) is -1.79. The number of anilines is 3. The van der Waals surface area contributed by atoms with E-state index in [0.29, 0.717) is 34.5 Å². The highest BCUT2D eigenvalue weighted by Crippen LogP contribution is 2.20. The van der Waals surface area contributed by atoms with Crippen LogP contribution in [0.2, 0.25) is 0 Å². The Bertz CT molecular complexity index is 1470. The lowest BCUT2D eigenvalue weighted by Gasteiger charge is -2.14. The van der Waals surface area contributed by atoms with Crippen molar-refractivity contribution in [3.63, 3.8) is 0 Å². The van der Waals surface area contributed by atoms with Crippen LogP contribution in [-0.4, -0.2) is 27.7 Å². The molecule has 9 heteroatoms. The van der Waals surface area contributed by atoms with Crippen LogP contribution < -0.4 is 15.4 Å². The number of nitrogens with one attached hydrogen (secondary N) is 3. The summed E-state index contributed by atoms with van der Waals surface area (Å²) in [6, 6.07) is 23.9. The minimum atomic E-state index is -1.79. The van der Waals surface area contributed by atoms with Crippen LogP contribution in [0.1, 0.15) is 23.6 Å². The molecule has 8 nitrogen and oxygen atoms in total. The molecule has 0 unspecified atom stereocenters. The van der Waals surface area contributed by atoms with E-state index >= 15 is 0 Å². The van der Waals surface area contributed by atoms with E-state index < -0.39 is 10.6 Å². The number of aliphatic hydroxyl groups excluding tert-OH is 1. The maximum absolute atomic E-state index is 11.3. The van der Waals surface area contributed by atoms with Gasteiger partial charge in [-0.05, 0) is 42.8 Å². The van der Waals surface area contributed by atoms with Crippen molar-refractivity contribution in [1.82, 2.24) is 9.97 Å². The zero-order chi connectivity index (χ0) is 26.0. The summed E-state index contributed by atoms with van der Waals surface area (Å²) < 4.78 is 24.5. The van der Waals surface area contributed by atoms with Gasteiger partial charge in [-0.3, -0.25) is 0 Å². The van der Waals surface area contributed by atoms with Crippen molar-refractivity contribution in [2.45, 2.75) is 24.5 Å². The van der Waals surface area contributed by atoms with Crippen LogP contribution in [0, 0.1) is 16.6 Å². The molecule has 0 spiro atoms. The third kappa shape index (κ3) is 7.54. The number of aromatic nitrogens is 2. The van der Waals surface area contributed by atoms with Gasteiger partial charge in [0.2, 0.25) is 5.95 Å². The second kappa shape index (κ2) is 12.5. The van der Waals surface area contributed by atoms with Crippen molar-refractivity contribution in [2.24, 2.45) is 0 Å². The summed E-state index contributed by atoms with van der Waals surface area (Å²) in [5.74, 6) is 7.78. The van der Waals surface area contributed by atoms with Crippen molar-refractivity contribution in [1.29, 1.82) is 4.78 Å². The molecule has 0 aliphatic rings. The molecular weight excluding hydrogens is 486 g/mol. The van der Waals surface area contributed by atoms with Gasteiger partial charge in [0.05, 0.1) is 18.4 Å². The minimum absolute atomic E-state index is 0.0772. The first-order chi connectivity index (χ1) is 18.0. The van der Waals surface area contributed by atoms with Crippen LogP contribution in [0.25, 0.3) is 0 Å². The lowest BCUT2D eigenvalue weighted by molar-refractivity contribution is 0.281. The smallest absolute Gasteiger partial charge is 0.229 e. The number of nitrogens with zero attached hydrogens (tertiary/aromatic N) is 2. The molecule has 1 aromatic heterocycles. The van der Waals surface area contributed by atoms with E-state index in [2.05, 4.69) is 32.4 Å². The highest BCUT2D eigenvalue weighted by atomic mass is 32.2. The quantitative estimate of drug-likeness (QED) is 0.182. The molecule has 1 heterocycles. The molecule has 1 atom stereocenters. The molecule has 37 heavy (non-hydrogen) atoms. The molecule has 0 radical (unpaired) electrons. The molecule has 0 fully saturated rings. The van der Waals surface area contributed by atoms with Gasteiger partial charge in [0.1, 0.15) is 18.2 Å². The maximum atomic E-state index is 11.3. The highest BCUT2D eigenvalue weighted by Gasteiger charge is 2.09. The van der Waals surface area contributed by atoms with Gasteiger partial charge in [-0.1, -0.05) is 65.3 Å². The van der Waals surface area contributed by atoms with E-state index in [4.69, 9.17) is 9.52 Å². The van der Waals surface area contributed by atoms with Gasteiger partial charge < -0.3 is 29.5 Å². The largest absolute Gasteiger partial charge is 0.489 e. The molecule has 0 amide bonds. The normalized spacial score (nSPS) is 11.3. The molecule has 0 saturated heterocycles. The van der Waals surface area contributed by atoms with Crippen LogP contribution >= 0.6 is 0 Å². The molecule has 3 aromatic carbocycles. The zero-order valence-electron chi connectivity index (χ0n) is 20.1. The van der Waals surface area contributed by atoms with Crippen LogP contribution in [0.5, 0.6) is 5.75 Å². The van der Waals surface area contributed by atoms with E-state index in [1.54, 1.807) is 30.5 Å². The van der Waals surface area contributed by atoms with E-state index in [1.807, 2.05) is 61.5 Å². The lowest BCUT2D eigenvalue weighted by atomic mass is 10.2. The number of hydrogen-bond acceptors (Lipinski definition) is 9. The van der Waals surface area contributed by atoms with Crippen molar-refractivity contribution in [3.05, 3.63) is 102 Å². The second-order valence-corrected chi connectivity index (χ2v) is 9.16. The van der Waals surface area contributed by atoms with Gasteiger partial charge in [0.15, 0.2) is 0 Å². The first kappa shape index (κ1) is 25.7. The summed E-state index contributed by atoms with van der Waals surface area (Å²) >= 11 is 0. The molecule has 188 valence electrons. The average molecular weight is 513 g/mol. The Balaban J connectivity index is 1.53. The maximum Gasteiger partial charge on any atom is 0.229 e. The SMILES string of the molecule is C[C@H](CO)Nc1nc(Nc2ccc([S-](=N)=O)cc2)ncc1C#Cc1cccc(OCc2ccccc2)c1. The first-order valence-electron chi connectivity index (χ1n) is 11.5. The molecule has 4 rings (SSSR count). The Labute approximate surface area is 217 Å². The summed E-state index contributed by atoms with van der Waals surface area (Å²) in [5, 5.41) is 15.8. The van der Waals surface area contributed by atoms with Gasteiger partial charge in [-0.2, -0.15) is 15.6 Å². The summed E-state index contributed by atoms with van der Waals surface area (Å²) in [5.41, 5.74) is 3.12. The zero-order valence-corrected chi connectivity index (χ0v) is 21.0. The lowest BCUT2D eigenvalue weighted by Crippen LogP contribution is -2.21. The molecule has 4 aromatic rings. The number of hydrogen-bond donors (Lipinski definition) is 4. The van der Waals surface area contributed by atoms with Gasteiger partial charge in [-0.25, -0.2) is 4.98 Å². The standard InChI is InChI=1S/C28H26N5O3S/c1-20(18-34)31-27-23(17-30-28(33-27)32-24-12-14-26(15-13-24)37(29)35)11-10-21-8-5-9-25(16-21)36-19-22-6-3-2-4-7-22/h2-9,12-17,20,29,34H,18-19H2,1H3,(H2,30,31,32,33)/q-1/t20-/m1/s1. The van der Waals surface area contributed by atoms with E-state index in [-0.39, 0.29) is 12.6 Å². The Hall–Kier alpha value is -4.39. The summed E-state index contributed by atoms with van der Waals surface area (Å²) in [6.07, 6.45) is 1.61. The fourth-order valence-electron chi connectivity index (χ4n) is 3.26. The fourth-order valence-corrected chi connectivity index (χ4v) is 3.64. The van der Waals surface area contributed by atoms with Crippen LogP contribution in [0.15, 0.2) is 90.0 Å². The third-order valence-corrected chi connectivity index (χ3v) is 5.89. The minimum Gasteiger partial charge on any atom is -0.489 e. The van der Waals surface area contributed by atoms with Crippen molar-refractivity contribution in [2.75, 3.05) is 17.2 Å². The fraction of sp³-hybridized carbons (Fsp3) is 0.143. The molecule has 4 N–H and O–H groups in total. The predicted octanol–water partition coefficient (Wildman–Crippen LogP) is 5.08. The van der Waals surface area contributed by atoms with E-state index in [1.165, 1.54) is 0 Å². The van der Waals surface area contributed by atoms with Crippen molar-refractivity contribution < 1.29 is 14.1 Å². The Kier molecular flexibility index (Phi) is 8.70. The Morgan fingerprint density at radius 2 is 1.84 bits per heavy atom. The number of aliphatic hydroxyl groups is 1. The Morgan fingerprint density at radius 1 is 1.05 bits per heavy atom. The van der Waals surface area contributed by atoms with Gasteiger partial charge >= 0.3 is 0 Å². The molecule has 0 aliphatic heterocycles. The predicted molar refractivity (Wildman–Crippen MR) is 144 cm³/mol. The van der Waals surface area contributed by atoms with Gasteiger partial charge in [0.25, 0.3) is 0 Å². The first-order valence-corrected chi connectivity index (χ1v) is 12.7. The molecule has 0 saturated carbocycles. The van der Waals surface area contributed by atoms with Crippen LogP contribution in [0.3, 0.4) is 0 Å². The third-order valence-electron chi connectivity index (χ3n) is 5.19. The van der Waals surface area contributed by atoms with Crippen molar-refractivity contribution in [3.8, 4) is 17.6 Å². The number of benzene rings is 3. The monoisotopic (exact) mass is 512 g/mol.